The van der Waals surface area contributed by atoms with E-state index in [4.69, 9.17) is 0 Å². The molecular formula is C23H27N3O2. The van der Waals surface area contributed by atoms with Crippen LogP contribution in [0, 0.1) is 0 Å². The van der Waals surface area contributed by atoms with Crippen molar-refractivity contribution in [3.05, 3.63) is 71.4 Å². The maximum absolute atomic E-state index is 13.1. The highest BCUT2D eigenvalue weighted by Crippen LogP contribution is 2.17. The van der Waals surface area contributed by atoms with Crippen molar-refractivity contribution >= 4 is 23.6 Å². The highest BCUT2D eigenvalue weighted by Gasteiger charge is 2.22. The molecule has 1 fully saturated rings. The van der Waals surface area contributed by atoms with Crippen LogP contribution in [0.2, 0.25) is 0 Å². The van der Waals surface area contributed by atoms with Gasteiger partial charge in [-0.05, 0) is 55.2 Å². The molecule has 0 saturated carbocycles. The Morgan fingerprint density at radius 3 is 2.18 bits per heavy atom. The number of nitrogens with one attached hydrogen (secondary N) is 1. The molecule has 146 valence electrons. The van der Waals surface area contributed by atoms with Crippen LogP contribution >= 0.6 is 0 Å². The van der Waals surface area contributed by atoms with Gasteiger partial charge in [0.05, 0.1) is 0 Å². The quantitative estimate of drug-likeness (QED) is 0.811. The van der Waals surface area contributed by atoms with E-state index in [0.717, 1.165) is 43.6 Å². The van der Waals surface area contributed by atoms with Gasteiger partial charge < -0.3 is 15.1 Å². The molecule has 1 N–H and O–H groups in total. The summed E-state index contributed by atoms with van der Waals surface area (Å²) >= 11 is 0. The van der Waals surface area contributed by atoms with Crippen LogP contribution in [0.25, 0.3) is 6.08 Å². The summed E-state index contributed by atoms with van der Waals surface area (Å²) in [6, 6.07) is 16.9. The van der Waals surface area contributed by atoms with Gasteiger partial charge in [-0.15, -0.1) is 0 Å². The SMILES string of the molecule is CN(C)c1ccc(C=C(NC(=O)c2ccccc2)C(=O)N2CCCCC2)cc1. The molecule has 1 aliphatic rings. The van der Waals surface area contributed by atoms with Gasteiger partial charge in [0.15, 0.2) is 0 Å². The smallest absolute Gasteiger partial charge is 0.270 e. The first-order valence-corrected chi connectivity index (χ1v) is 9.69. The minimum Gasteiger partial charge on any atom is -0.378 e. The number of carbonyl (C=O) groups excluding carboxylic acids is 2. The number of carbonyl (C=O) groups is 2. The number of rotatable bonds is 5. The van der Waals surface area contributed by atoms with Crippen LogP contribution in [0.5, 0.6) is 0 Å². The maximum atomic E-state index is 13.1. The van der Waals surface area contributed by atoms with E-state index in [0.29, 0.717) is 11.3 Å². The lowest BCUT2D eigenvalue weighted by atomic mass is 10.1. The Morgan fingerprint density at radius 2 is 1.57 bits per heavy atom. The first kappa shape index (κ1) is 19.7. The van der Waals surface area contributed by atoms with Gasteiger partial charge in [-0.3, -0.25) is 9.59 Å². The number of benzene rings is 2. The predicted octanol–water partition coefficient (Wildman–Crippen LogP) is 3.54. The first-order chi connectivity index (χ1) is 13.5. The normalized spacial score (nSPS) is 14.5. The summed E-state index contributed by atoms with van der Waals surface area (Å²) in [7, 11) is 3.96. The van der Waals surface area contributed by atoms with Crippen molar-refractivity contribution in [2.45, 2.75) is 19.3 Å². The van der Waals surface area contributed by atoms with Crippen LogP contribution in [0.4, 0.5) is 5.69 Å². The van der Waals surface area contributed by atoms with Gasteiger partial charge in [0.2, 0.25) is 0 Å². The zero-order valence-corrected chi connectivity index (χ0v) is 16.5. The van der Waals surface area contributed by atoms with E-state index in [2.05, 4.69) is 5.32 Å². The zero-order chi connectivity index (χ0) is 19.9. The molecule has 1 aliphatic heterocycles. The molecule has 2 amide bonds. The third kappa shape index (κ3) is 5.00. The second-order valence-electron chi connectivity index (χ2n) is 7.22. The molecule has 1 heterocycles. The van der Waals surface area contributed by atoms with Crippen LogP contribution in [-0.4, -0.2) is 43.9 Å². The Morgan fingerprint density at radius 1 is 0.929 bits per heavy atom. The summed E-state index contributed by atoms with van der Waals surface area (Å²) in [5, 5.41) is 2.84. The van der Waals surface area contributed by atoms with E-state index < -0.39 is 0 Å². The van der Waals surface area contributed by atoms with Crippen LogP contribution in [0.15, 0.2) is 60.3 Å². The van der Waals surface area contributed by atoms with Crippen molar-refractivity contribution < 1.29 is 9.59 Å². The number of likely N-dealkylation sites (tertiary alicyclic amines) is 1. The van der Waals surface area contributed by atoms with E-state index in [1.54, 1.807) is 18.2 Å². The van der Waals surface area contributed by atoms with Crippen molar-refractivity contribution in [2.24, 2.45) is 0 Å². The summed E-state index contributed by atoms with van der Waals surface area (Å²) in [5.74, 6) is -0.400. The number of anilines is 1. The van der Waals surface area contributed by atoms with E-state index in [-0.39, 0.29) is 11.8 Å². The second-order valence-corrected chi connectivity index (χ2v) is 7.22. The standard InChI is InChI=1S/C23H27N3O2/c1-25(2)20-13-11-18(12-14-20)17-21(23(28)26-15-7-4-8-16-26)24-22(27)19-9-5-3-6-10-19/h3,5-6,9-14,17H,4,7-8,15-16H2,1-2H3,(H,24,27). The monoisotopic (exact) mass is 377 g/mol. The van der Waals surface area contributed by atoms with Crippen LogP contribution in [0.3, 0.4) is 0 Å². The molecule has 1 saturated heterocycles. The van der Waals surface area contributed by atoms with E-state index in [1.807, 2.05) is 66.4 Å². The van der Waals surface area contributed by atoms with Crippen molar-refractivity contribution in [3.8, 4) is 0 Å². The third-order valence-corrected chi connectivity index (χ3v) is 4.88. The van der Waals surface area contributed by atoms with E-state index >= 15 is 0 Å². The van der Waals surface area contributed by atoms with Gasteiger partial charge in [0, 0.05) is 38.4 Å². The molecule has 2 aromatic carbocycles. The summed E-state index contributed by atoms with van der Waals surface area (Å²) in [6.45, 7) is 1.47. The molecule has 0 radical (unpaired) electrons. The van der Waals surface area contributed by atoms with Crippen molar-refractivity contribution in [2.75, 3.05) is 32.1 Å². The van der Waals surface area contributed by atoms with Gasteiger partial charge in [-0.2, -0.15) is 0 Å². The van der Waals surface area contributed by atoms with Crippen molar-refractivity contribution in [3.63, 3.8) is 0 Å². The molecule has 5 nitrogen and oxygen atoms in total. The lowest BCUT2D eigenvalue weighted by Crippen LogP contribution is -2.41. The number of hydrogen-bond acceptors (Lipinski definition) is 3. The maximum Gasteiger partial charge on any atom is 0.270 e. The van der Waals surface area contributed by atoms with E-state index in [1.165, 1.54) is 0 Å². The molecule has 2 aromatic rings. The Kier molecular flexibility index (Phi) is 6.48. The summed E-state index contributed by atoms with van der Waals surface area (Å²) in [4.78, 5) is 29.6. The average molecular weight is 377 g/mol. The summed E-state index contributed by atoms with van der Waals surface area (Å²) in [5.41, 5.74) is 2.80. The van der Waals surface area contributed by atoms with Gasteiger partial charge in [-0.25, -0.2) is 0 Å². The fraction of sp³-hybridized carbons (Fsp3) is 0.304. The predicted molar refractivity (Wildman–Crippen MR) is 113 cm³/mol. The lowest BCUT2D eigenvalue weighted by Gasteiger charge is -2.27. The zero-order valence-electron chi connectivity index (χ0n) is 16.5. The molecule has 0 unspecified atom stereocenters. The van der Waals surface area contributed by atoms with Crippen LogP contribution < -0.4 is 10.2 Å². The third-order valence-electron chi connectivity index (χ3n) is 4.88. The Hall–Kier alpha value is -3.08. The molecule has 5 heteroatoms. The van der Waals surface area contributed by atoms with Crippen molar-refractivity contribution in [1.82, 2.24) is 10.2 Å². The molecular weight excluding hydrogens is 350 g/mol. The fourth-order valence-electron chi connectivity index (χ4n) is 3.24. The molecule has 28 heavy (non-hydrogen) atoms. The number of piperidine rings is 1. The highest BCUT2D eigenvalue weighted by molar-refractivity contribution is 6.05. The highest BCUT2D eigenvalue weighted by atomic mass is 16.2. The lowest BCUT2D eigenvalue weighted by molar-refractivity contribution is -0.128. The molecule has 0 spiro atoms. The van der Waals surface area contributed by atoms with Crippen LogP contribution in [-0.2, 0) is 4.79 Å². The van der Waals surface area contributed by atoms with Crippen LogP contribution in [0.1, 0.15) is 35.2 Å². The number of nitrogens with zero attached hydrogens (tertiary/aromatic N) is 2. The fourth-order valence-corrected chi connectivity index (χ4v) is 3.24. The molecule has 0 aliphatic carbocycles. The molecule has 0 aromatic heterocycles. The Labute approximate surface area is 166 Å². The van der Waals surface area contributed by atoms with Gasteiger partial charge in [-0.1, -0.05) is 30.3 Å². The molecule has 3 rings (SSSR count). The topological polar surface area (TPSA) is 52.7 Å². The molecule has 0 atom stereocenters. The van der Waals surface area contributed by atoms with E-state index in [9.17, 15) is 9.59 Å². The van der Waals surface area contributed by atoms with Gasteiger partial charge in [0.1, 0.15) is 5.70 Å². The second kappa shape index (κ2) is 9.22. The first-order valence-electron chi connectivity index (χ1n) is 9.69. The average Bonchev–Trinajstić information content (AvgIpc) is 2.74. The van der Waals surface area contributed by atoms with Crippen molar-refractivity contribution in [1.29, 1.82) is 0 Å². The number of hydrogen-bond donors (Lipinski definition) is 1. The largest absolute Gasteiger partial charge is 0.378 e. The summed E-state index contributed by atoms with van der Waals surface area (Å²) < 4.78 is 0. The summed E-state index contributed by atoms with van der Waals surface area (Å²) in [6.07, 6.45) is 4.91. The minimum atomic E-state index is -0.276. The minimum absolute atomic E-state index is 0.124. The Balaban J connectivity index is 1.86. The molecule has 0 bridgehead atoms. The number of amides is 2. The Bertz CT molecular complexity index is 836. The van der Waals surface area contributed by atoms with Gasteiger partial charge in [0.25, 0.3) is 11.8 Å². The van der Waals surface area contributed by atoms with Gasteiger partial charge >= 0.3 is 0 Å².